The van der Waals surface area contributed by atoms with E-state index in [0.29, 0.717) is 0 Å². The van der Waals surface area contributed by atoms with Crippen LogP contribution in [0.15, 0.2) is 22.7 Å². The molecule has 3 nitrogen and oxygen atoms in total. The first kappa shape index (κ1) is 10.3. The van der Waals surface area contributed by atoms with Crippen LogP contribution in [0.4, 0.5) is 5.69 Å². The molecule has 1 aromatic rings. The quantitative estimate of drug-likeness (QED) is 0.685. The third kappa shape index (κ3) is 0.949. The lowest BCUT2D eigenvalue weighted by atomic mass is 9.90. The largest absolute Gasteiger partial charge is 0.347 e. The number of rotatable bonds is 0. The van der Waals surface area contributed by atoms with Crippen LogP contribution < -0.4 is 4.90 Å². The Morgan fingerprint density at radius 1 is 1.38 bits per heavy atom. The second-order valence-corrected chi connectivity index (χ2v) is 5.73. The SMILES string of the molecule is CN1C(=O)C2(OC2(C)C)c2cc(Br)ccc21. The van der Waals surface area contributed by atoms with Crippen molar-refractivity contribution >= 4 is 27.5 Å². The Kier molecular flexibility index (Phi) is 1.73. The third-order valence-electron chi connectivity index (χ3n) is 3.52. The first-order valence-corrected chi connectivity index (χ1v) is 5.98. The number of anilines is 1. The summed E-state index contributed by atoms with van der Waals surface area (Å²) in [6.45, 7) is 3.91. The summed E-state index contributed by atoms with van der Waals surface area (Å²) >= 11 is 3.44. The van der Waals surface area contributed by atoms with E-state index in [9.17, 15) is 4.79 Å². The lowest BCUT2D eigenvalue weighted by Crippen LogP contribution is -2.33. The number of fused-ring (bicyclic) bond motifs is 2. The van der Waals surface area contributed by atoms with Crippen LogP contribution in [0.1, 0.15) is 19.4 Å². The van der Waals surface area contributed by atoms with E-state index in [0.717, 1.165) is 15.7 Å². The molecule has 1 unspecified atom stereocenters. The summed E-state index contributed by atoms with van der Waals surface area (Å²) in [5, 5.41) is 0. The minimum absolute atomic E-state index is 0.0330. The van der Waals surface area contributed by atoms with E-state index < -0.39 is 11.2 Å². The van der Waals surface area contributed by atoms with Crippen LogP contribution in [0.25, 0.3) is 0 Å². The van der Waals surface area contributed by atoms with E-state index >= 15 is 0 Å². The minimum atomic E-state index is -0.749. The van der Waals surface area contributed by atoms with Crippen molar-refractivity contribution in [3.05, 3.63) is 28.2 Å². The number of carbonyl (C=O) groups is 1. The molecule has 0 N–H and O–H groups in total. The predicted molar refractivity (Wildman–Crippen MR) is 64.4 cm³/mol. The Morgan fingerprint density at radius 2 is 2.00 bits per heavy atom. The zero-order valence-electron chi connectivity index (χ0n) is 9.37. The van der Waals surface area contributed by atoms with Gasteiger partial charge in [0.15, 0.2) is 0 Å². The average molecular weight is 282 g/mol. The maximum absolute atomic E-state index is 12.3. The smallest absolute Gasteiger partial charge is 0.266 e. The Hall–Kier alpha value is -0.870. The van der Waals surface area contributed by atoms with Crippen molar-refractivity contribution in [1.82, 2.24) is 0 Å². The molecule has 2 heterocycles. The summed E-state index contributed by atoms with van der Waals surface area (Å²) in [4.78, 5) is 13.9. The van der Waals surface area contributed by atoms with Gasteiger partial charge in [-0.15, -0.1) is 0 Å². The maximum Gasteiger partial charge on any atom is 0.266 e. The second kappa shape index (κ2) is 2.68. The number of hydrogen-bond donors (Lipinski definition) is 0. The fourth-order valence-electron chi connectivity index (χ4n) is 2.58. The summed E-state index contributed by atoms with van der Waals surface area (Å²) in [6, 6.07) is 5.87. The summed E-state index contributed by atoms with van der Waals surface area (Å²) in [5.74, 6) is 0.0330. The molecule has 2 aliphatic heterocycles. The van der Waals surface area contributed by atoms with Gasteiger partial charge in [-0.3, -0.25) is 4.79 Å². The summed E-state index contributed by atoms with van der Waals surface area (Å²) < 4.78 is 6.68. The van der Waals surface area contributed by atoms with Crippen molar-refractivity contribution in [3.8, 4) is 0 Å². The average Bonchev–Trinajstić information content (AvgIpc) is 2.74. The highest BCUT2D eigenvalue weighted by atomic mass is 79.9. The highest BCUT2D eigenvalue weighted by Crippen LogP contribution is 2.62. The Bertz CT molecular complexity index is 512. The van der Waals surface area contributed by atoms with Crippen LogP contribution in [0.3, 0.4) is 0 Å². The van der Waals surface area contributed by atoms with Crippen molar-refractivity contribution in [2.45, 2.75) is 25.0 Å². The van der Waals surface area contributed by atoms with Crippen LogP contribution in [0.2, 0.25) is 0 Å². The maximum atomic E-state index is 12.3. The third-order valence-corrected chi connectivity index (χ3v) is 4.01. The van der Waals surface area contributed by atoms with Crippen molar-refractivity contribution in [2.24, 2.45) is 0 Å². The molecule has 0 aliphatic carbocycles. The molecule has 0 aromatic heterocycles. The monoisotopic (exact) mass is 281 g/mol. The fraction of sp³-hybridized carbons (Fsp3) is 0.417. The number of carbonyl (C=O) groups excluding carboxylic acids is 1. The highest BCUT2D eigenvalue weighted by Gasteiger charge is 2.74. The Morgan fingerprint density at radius 3 is 2.56 bits per heavy atom. The van der Waals surface area contributed by atoms with E-state index in [4.69, 9.17) is 4.74 Å². The van der Waals surface area contributed by atoms with Gasteiger partial charge < -0.3 is 9.64 Å². The lowest BCUT2D eigenvalue weighted by molar-refractivity contribution is -0.122. The Labute approximate surface area is 103 Å². The van der Waals surface area contributed by atoms with Gasteiger partial charge in [0.05, 0.1) is 5.69 Å². The topological polar surface area (TPSA) is 32.8 Å². The van der Waals surface area contributed by atoms with Crippen molar-refractivity contribution in [2.75, 3.05) is 11.9 Å². The van der Waals surface area contributed by atoms with Crippen molar-refractivity contribution < 1.29 is 9.53 Å². The van der Waals surface area contributed by atoms with Gasteiger partial charge in [-0.25, -0.2) is 0 Å². The molecule has 3 rings (SSSR count). The number of halogens is 1. The zero-order chi connectivity index (χ0) is 11.7. The van der Waals surface area contributed by atoms with Gasteiger partial charge in [0, 0.05) is 17.1 Å². The summed E-state index contributed by atoms with van der Waals surface area (Å²) in [7, 11) is 1.79. The van der Waals surface area contributed by atoms with Gasteiger partial charge in [-0.1, -0.05) is 15.9 Å². The number of ether oxygens (including phenoxy) is 1. The number of epoxide rings is 1. The predicted octanol–water partition coefficient (Wildman–Crippen LogP) is 2.43. The normalized spacial score (nSPS) is 29.8. The van der Waals surface area contributed by atoms with Crippen LogP contribution >= 0.6 is 15.9 Å². The number of likely N-dealkylation sites (N-methyl/N-ethyl adjacent to an activating group) is 1. The molecule has 0 saturated carbocycles. The Balaban J connectivity index is 2.26. The molecule has 0 bridgehead atoms. The van der Waals surface area contributed by atoms with Gasteiger partial charge in [0.2, 0.25) is 5.60 Å². The molecule has 1 fully saturated rings. The fourth-order valence-corrected chi connectivity index (χ4v) is 2.94. The van der Waals surface area contributed by atoms with Crippen LogP contribution in [-0.2, 0) is 15.1 Å². The molecule has 16 heavy (non-hydrogen) atoms. The second-order valence-electron chi connectivity index (χ2n) is 4.82. The number of hydrogen-bond acceptors (Lipinski definition) is 2. The number of amides is 1. The van der Waals surface area contributed by atoms with Gasteiger partial charge >= 0.3 is 0 Å². The van der Waals surface area contributed by atoms with E-state index in [2.05, 4.69) is 15.9 Å². The molecule has 2 aliphatic rings. The first-order chi connectivity index (χ1) is 7.40. The standard InChI is InChI=1S/C12H12BrNO2/c1-11(2)12(16-11)8-6-7(13)4-5-9(8)14(3)10(12)15/h4-6H,1-3H3. The van der Waals surface area contributed by atoms with Gasteiger partial charge in [0.25, 0.3) is 5.91 Å². The van der Waals surface area contributed by atoms with E-state index in [1.807, 2.05) is 32.0 Å². The van der Waals surface area contributed by atoms with Crippen LogP contribution in [0.5, 0.6) is 0 Å². The van der Waals surface area contributed by atoms with Crippen LogP contribution in [0, 0.1) is 0 Å². The molecular weight excluding hydrogens is 270 g/mol. The molecule has 1 atom stereocenters. The summed E-state index contributed by atoms with van der Waals surface area (Å²) in [5.41, 5.74) is 0.767. The first-order valence-electron chi connectivity index (χ1n) is 5.18. The molecule has 1 saturated heterocycles. The number of nitrogens with zero attached hydrogens (tertiary/aromatic N) is 1. The van der Waals surface area contributed by atoms with E-state index in [-0.39, 0.29) is 5.91 Å². The molecule has 4 heteroatoms. The van der Waals surface area contributed by atoms with Gasteiger partial charge in [-0.2, -0.15) is 0 Å². The van der Waals surface area contributed by atoms with Crippen LogP contribution in [-0.4, -0.2) is 18.6 Å². The lowest BCUT2D eigenvalue weighted by Gasteiger charge is -2.09. The molecule has 0 radical (unpaired) electrons. The zero-order valence-corrected chi connectivity index (χ0v) is 11.0. The number of benzene rings is 1. The van der Waals surface area contributed by atoms with Gasteiger partial charge in [-0.05, 0) is 32.0 Å². The summed E-state index contributed by atoms with van der Waals surface area (Å²) in [6.07, 6.45) is 0. The highest BCUT2D eigenvalue weighted by molar-refractivity contribution is 9.10. The minimum Gasteiger partial charge on any atom is -0.347 e. The molecule has 1 amide bonds. The van der Waals surface area contributed by atoms with E-state index in [1.54, 1.807) is 11.9 Å². The van der Waals surface area contributed by atoms with Crippen molar-refractivity contribution in [1.29, 1.82) is 0 Å². The molecule has 84 valence electrons. The van der Waals surface area contributed by atoms with Gasteiger partial charge in [0.1, 0.15) is 5.60 Å². The molecular formula is C12H12BrNO2. The van der Waals surface area contributed by atoms with E-state index in [1.165, 1.54) is 0 Å². The molecule has 1 spiro atoms. The van der Waals surface area contributed by atoms with Crippen molar-refractivity contribution in [3.63, 3.8) is 0 Å². The molecule has 1 aromatic carbocycles.